The van der Waals surface area contributed by atoms with Gasteiger partial charge in [-0.05, 0) is 35.9 Å². The Hall–Kier alpha value is -2.30. The molecule has 0 saturated carbocycles. The Kier molecular flexibility index (Phi) is 6.31. The van der Waals surface area contributed by atoms with Crippen molar-refractivity contribution in [1.82, 2.24) is 0 Å². The Morgan fingerprint density at radius 1 is 1.00 bits per heavy atom. The van der Waals surface area contributed by atoms with E-state index in [2.05, 4.69) is 33.4 Å². The molecule has 3 aromatic carbocycles. The van der Waals surface area contributed by atoms with E-state index < -0.39 is 0 Å². The van der Waals surface area contributed by atoms with Gasteiger partial charge in [0.05, 0.1) is 22.9 Å². The second kappa shape index (κ2) is 8.88. The van der Waals surface area contributed by atoms with E-state index in [0.29, 0.717) is 28.6 Å². The van der Waals surface area contributed by atoms with E-state index in [1.54, 1.807) is 24.3 Å². The minimum absolute atomic E-state index is 0.269. The molecule has 1 N–H and O–H groups in total. The van der Waals surface area contributed by atoms with Crippen molar-refractivity contribution in [1.29, 1.82) is 0 Å². The molecule has 0 aliphatic heterocycles. The summed E-state index contributed by atoms with van der Waals surface area (Å²) in [7, 11) is 0. The molecule has 5 heteroatoms. The number of para-hydroxylation sites is 1. The molecule has 0 heterocycles. The fraction of sp³-hybridized carbons (Fsp3) is 0.0952. The van der Waals surface area contributed by atoms with Crippen LogP contribution < -0.4 is 10.1 Å². The highest BCUT2D eigenvalue weighted by Gasteiger charge is 2.15. The van der Waals surface area contributed by atoms with Gasteiger partial charge in [0.1, 0.15) is 5.75 Å². The largest absolute Gasteiger partial charge is 0.492 e. The number of amides is 1. The second-order valence-corrected chi connectivity index (χ2v) is 6.98. The highest BCUT2D eigenvalue weighted by molar-refractivity contribution is 9.10. The number of hydrogen-bond donors (Lipinski definition) is 1. The summed E-state index contributed by atoms with van der Waals surface area (Å²) in [4.78, 5) is 12.7. The first kappa shape index (κ1) is 18.5. The Morgan fingerprint density at radius 3 is 2.50 bits per heavy atom. The molecule has 0 aliphatic carbocycles. The standard InChI is InChI=1S/C21H17BrClNO2/c22-16-10-11-20(26-13-12-15-6-2-1-3-7-15)17(14-16)21(25)24-19-9-5-4-8-18(19)23/h1-11,14H,12-13H2,(H,24,25). The molecule has 1 amide bonds. The van der Waals surface area contributed by atoms with Gasteiger partial charge in [-0.2, -0.15) is 0 Å². The van der Waals surface area contributed by atoms with Crippen molar-refractivity contribution in [3.63, 3.8) is 0 Å². The van der Waals surface area contributed by atoms with Crippen LogP contribution in [0.2, 0.25) is 5.02 Å². The number of rotatable bonds is 6. The van der Waals surface area contributed by atoms with Gasteiger partial charge in [0.2, 0.25) is 0 Å². The summed E-state index contributed by atoms with van der Waals surface area (Å²) in [6.45, 7) is 0.484. The van der Waals surface area contributed by atoms with E-state index in [-0.39, 0.29) is 5.91 Å². The van der Waals surface area contributed by atoms with E-state index in [9.17, 15) is 4.79 Å². The van der Waals surface area contributed by atoms with E-state index in [1.165, 1.54) is 5.56 Å². The van der Waals surface area contributed by atoms with Gasteiger partial charge in [-0.25, -0.2) is 0 Å². The lowest BCUT2D eigenvalue weighted by Gasteiger charge is -2.13. The van der Waals surface area contributed by atoms with Crippen LogP contribution in [-0.4, -0.2) is 12.5 Å². The molecule has 132 valence electrons. The predicted octanol–water partition coefficient (Wildman–Crippen LogP) is 5.98. The summed E-state index contributed by atoms with van der Waals surface area (Å²) in [6.07, 6.45) is 0.766. The summed E-state index contributed by atoms with van der Waals surface area (Å²) in [5.41, 5.74) is 2.20. The van der Waals surface area contributed by atoms with Crippen molar-refractivity contribution in [2.45, 2.75) is 6.42 Å². The van der Waals surface area contributed by atoms with Crippen LogP contribution in [0.4, 0.5) is 5.69 Å². The number of hydrogen-bond acceptors (Lipinski definition) is 2. The Balaban J connectivity index is 1.73. The number of halogens is 2. The van der Waals surface area contributed by atoms with Crippen LogP contribution >= 0.6 is 27.5 Å². The fourth-order valence-corrected chi connectivity index (χ4v) is 3.03. The molecule has 3 rings (SSSR count). The molecule has 0 bridgehead atoms. The Morgan fingerprint density at radius 2 is 1.73 bits per heavy atom. The number of anilines is 1. The topological polar surface area (TPSA) is 38.3 Å². The first-order chi connectivity index (χ1) is 12.6. The van der Waals surface area contributed by atoms with Gasteiger partial charge in [0.15, 0.2) is 0 Å². The molecule has 0 unspecified atom stereocenters. The van der Waals surface area contributed by atoms with Gasteiger partial charge in [-0.15, -0.1) is 0 Å². The second-order valence-electron chi connectivity index (χ2n) is 5.66. The first-order valence-electron chi connectivity index (χ1n) is 8.15. The quantitative estimate of drug-likeness (QED) is 0.523. The van der Waals surface area contributed by atoms with E-state index in [1.807, 2.05) is 36.4 Å². The van der Waals surface area contributed by atoms with Crippen LogP contribution in [-0.2, 0) is 6.42 Å². The molecule has 0 atom stereocenters. The minimum atomic E-state index is -0.269. The number of nitrogens with one attached hydrogen (secondary N) is 1. The maximum absolute atomic E-state index is 12.7. The van der Waals surface area contributed by atoms with Crippen molar-refractivity contribution in [2.24, 2.45) is 0 Å². The van der Waals surface area contributed by atoms with E-state index >= 15 is 0 Å². The van der Waals surface area contributed by atoms with Gasteiger partial charge < -0.3 is 10.1 Å². The van der Waals surface area contributed by atoms with Gasteiger partial charge in [-0.1, -0.05) is 70.0 Å². The highest BCUT2D eigenvalue weighted by atomic mass is 79.9. The maximum Gasteiger partial charge on any atom is 0.259 e. The van der Waals surface area contributed by atoms with Crippen LogP contribution in [0.5, 0.6) is 5.75 Å². The van der Waals surface area contributed by atoms with Gasteiger partial charge in [0.25, 0.3) is 5.91 Å². The molecule has 0 saturated heterocycles. The van der Waals surface area contributed by atoms with E-state index in [4.69, 9.17) is 16.3 Å². The fourth-order valence-electron chi connectivity index (χ4n) is 2.48. The highest BCUT2D eigenvalue weighted by Crippen LogP contribution is 2.26. The molecule has 3 aromatic rings. The van der Waals surface area contributed by atoms with Crippen molar-refractivity contribution in [3.05, 3.63) is 93.4 Å². The molecule has 0 aliphatic rings. The van der Waals surface area contributed by atoms with Crippen molar-refractivity contribution in [3.8, 4) is 5.75 Å². The van der Waals surface area contributed by atoms with Crippen LogP contribution in [0.1, 0.15) is 15.9 Å². The van der Waals surface area contributed by atoms with Crippen LogP contribution in [0.25, 0.3) is 0 Å². The third kappa shape index (κ3) is 4.87. The third-order valence-electron chi connectivity index (χ3n) is 3.80. The van der Waals surface area contributed by atoms with Crippen molar-refractivity contribution >= 4 is 39.1 Å². The summed E-state index contributed by atoms with van der Waals surface area (Å²) in [5, 5.41) is 3.32. The summed E-state index contributed by atoms with van der Waals surface area (Å²) in [5.74, 6) is 0.266. The number of ether oxygens (including phenoxy) is 1. The molecule has 0 fully saturated rings. The average Bonchev–Trinajstić information content (AvgIpc) is 2.65. The lowest BCUT2D eigenvalue weighted by molar-refractivity contribution is 0.102. The smallest absolute Gasteiger partial charge is 0.259 e. The summed E-state index contributed by atoms with van der Waals surface area (Å²) in [6, 6.07) is 22.6. The zero-order chi connectivity index (χ0) is 18.4. The zero-order valence-corrected chi connectivity index (χ0v) is 16.3. The van der Waals surface area contributed by atoms with Crippen molar-refractivity contribution < 1.29 is 9.53 Å². The molecule has 0 radical (unpaired) electrons. The lowest BCUT2D eigenvalue weighted by atomic mass is 10.1. The minimum Gasteiger partial charge on any atom is -0.492 e. The normalized spacial score (nSPS) is 10.4. The monoisotopic (exact) mass is 429 g/mol. The Labute approximate surface area is 166 Å². The SMILES string of the molecule is O=C(Nc1ccccc1Cl)c1cc(Br)ccc1OCCc1ccccc1. The van der Waals surface area contributed by atoms with Crippen LogP contribution in [0, 0.1) is 0 Å². The third-order valence-corrected chi connectivity index (χ3v) is 4.62. The molecular weight excluding hydrogens is 414 g/mol. The predicted molar refractivity (Wildman–Crippen MR) is 109 cm³/mol. The lowest BCUT2D eigenvalue weighted by Crippen LogP contribution is -2.14. The van der Waals surface area contributed by atoms with Gasteiger partial charge in [-0.3, -0.25) is 4.79 Å². The van der Waals surface area contributed by atoms with E-state index in [0.717, 1.165) is 10.9 Å². The Bertz CT molecular complexity index is 900. The molecular formula is C21H17BrClNO2. The summed E-state index contributed by atoms with van der Waals surface area (Å²) < 4.78 is 6.67. The molecule has 0 aromatic heterocycles. The first-order valence-corrected chi connectivity index (χ1v) is 9.33. The van der Waals surface area contributed by atoms with Crippen LogP contribution in [0.15, 0.2) is 77.3 Å². The number of carbonyl (C=O) groups excluding carboxylic acids is 1. The molecule has 26 heavy (non-hydrogen) atoms. The average molecular weight is 431 g/mol. The molecule has 3 nitrogen and oxygen atoms in total. The van der Waals surface area contributed by atoms with Gasteiger partial charge in [0, 0.05) is 10.9 Å². The van der Waals surface area contributed by atoms with Crippen molar-refractivity contribution in [2.75, 3.05) is 11.9 Å². The maximum atomic E-state index is 12.7. The number of carbonyl (C=O) groups is 1. The number of benzene rings is 3. The zero-order valence-electron chi connectivity index (χ0n) is 13.9. The van der Waals surface area contributed by atoms with Crippen LogP contribution in [0.3, 0.4) is 0 Å². The summed E-state index contributed by atoms with van der Waals surface area (Å²) >= 11 is 9.53. The molecule has 0 spiro atoms. The van der Waals surface area contributed by atoms with Gasteiger partial charge >= 0.3 is 0 Å².